The minimum absolute atomic E-state index is 0.940. The van der Waals surface area contributed by atoms with Crippen molar-refractivity contribution in [3.05, 3.63) is 218 Å². The molecule has 8 aromatic carbocycles. The van der Waals surface area contributed by atoms with E-state index in [1.54, 1.807) is 0 Å². The van der Waals surface area contributed by atoms with Crippen LogP contribution in [0.15, 0.2) is 218 Å². The maximum Gasteiger partial charge on any atom is 0.0800 e. The van der Waals surface area contributed by atoms with Crippen molar-refractivity contribution in [2.24, 2.45) is 0 Å². The zero-order valence-corrected chi connectivity index (χ0v) is 30.7. The van der Waals surface area contributed by atoms with Crippen LogP contribution in [0.3, 0.4) is 0 Å². The normalized spacial score (nSPS) is 11.2. The van der Waals surface area contributed by atoms with Crippen molar-refractivity contribution in [3.63, 3.8) is 0 Å². The van der Waals surface area contributed by atoms with E-state index in [-0.39, 0.29) is 0 Å². The topological polar surface area (TPSA) is 25.8 Å². The molecule has 0 N–H and O–H groups in total. The van der Waals surface area contributed by atoms with Gasteiger partial charge >= 0.3 is 0 Å². The van der Waals surface area contributed by atoms with Crippen molar-refractivity contribution in [1.82, 2.24) is 9.97 Å². The molecule has 0 aliphatic carbocycles. The summed E-state index contributed by atoms with van der Waals surface area (Å²) in [6.07, 6.45) is 0. The van der Waals surface area contributed by atoms with E-state index in [0.717, 1.165) is 66.9 Å². The van der Waals surface area contributed by atoms with Crippen LogP contribution < -0.4 is 0 Å². The van der Waals surface area contributed by atoms with Gasteiger partial charge in [0.15, 0.2) is 0 Å². The van der Waals surface area contributed by atoms with Gasteiger partial charge in [0, 0.05) is 27.6 Å². The molecule has 262 valence electrons. The summed E-state index contributed by atoms with van der Waals surface area (Å²) < 4.78 is 0. The second kappa shape index (κ2) is 14.4. The molecule has 0 fully saturated rings. The Hall–Kier alpha value is -7.42. The monoisotopic (exact) mass is 712 g/mol. The lowest BCUT2D eigenvalue weighted by Crippen LogP contribution is -1.94. The zero-order valence-electron chi connectivity index (χ0n) is 30.7. The molecule has 0 bridgehead atoms. The van der Waals surface area contributed by atoms with Crippen LogP contribution in [0.25, 0.3) is 100.0 Å². The fraction of sp³-hybridized carbons (Fsp3) is 0. The molecule has 2 heteroatoms. The predicted molar refractivity (Wildman–Crippen MR) is 235 cm³/mol. The van der Waals surface area contributed by atoms with Crippen molar-refractivity contribution in [3.8, 4) is 78.3 Å². The first kappa shape index (κ1) is 33.2. The molecular weight excluding hydrogens is 677 g/mol. The van der Waals surface area contributed by atoms with Crippen LogP contribution in [0.2, 0.25) is 0 Å². The third-order valence-corrected chi connectivity index (χ3v) is 10.6. The Bertz CT molecular complexity index is 2970. The molecule has 10 rings (SSSR count). The quantitative estimate of drug-likeness (QED) is 0.154. The maximum absolute atomic E-state index is 5.45. The Morgan fingerprint density at radius 3 is 1.38 bits per heavy atom. The molecule has 0 unspecified atom stereocenters. The SMILES string of the molecule is c1ccc(-c2cccc(-c3cc(-c4ccc(-c5cc6ccccc6c6c(-c7ccccc7)cc(-c7ccccc7)nc56)cc4)cc(-c4ccccc4)n3)c2)cc1. The number of fused-ring (bicyclic) bond motifs is 3. The third-order valence-electron chi connectivity index (χ3n) is 10.6. The van der Waals surface area contributed by atoms with Crippen molar-refractivity contribution in [1.29, 1.82) is 0 Å². The molecule has 2 nitrogen and oxygen atoms in total. The van der Waals surface area contributed by atoms with E-state index in [4.69, 9.17) is 9.97 Å². The minimum Gasteiger partial charge on any atom is -0.248 e. The molecule has 0 amide bonds. The summed E-state index contributed by atoms with van der Waals surface area (Å²) in [5, 5.41) is 3.55. The first-order valence-corrected chi connectivity index (χ1v) is 19.1. The summed E-state index contributed by atoms with van der Waals surface area (Å²) in [6.45, 7) is 0. The molecule has 10 aromatic rings. The molecule has 56 heavy (non-hydrogen) atoms. The van der Waals surface area contributed by atoms with Crippen molar-refractivity contribution in [2.75, 3.05) is 0 Å². The molecule has 0 radical (unpaired) electrons. The maximum atomic E-state index is 5.45. The molecule has 0 saturated heterocycles. The van der Waals surface area contributed by atoms with Crippen LogP contribution in [-0.4, -0.2) is 9.97 Å². The van der Waals surface area contributed by atoms with Gasteiger partial charge in [-0.25, -0.2) is 9.97 Å². The molecule has 2 aromatic heterocycles. The van der Waals surface area contributed by atoms with Gasteiger partial charge in [-0.2, -0.15) is 0 Å². The molecule has 0 aliphatic heterocycles. The smallest absolute Gasteiger partial charge is 0.0800 e. The van der Waals surface area contributed by atoms with Gasteiger partial charge in [0.2, 0.25) is 0 Å². The van der Waals surface area contributed by atoms with Gasteiger partial charge in [-0.05, 0) is 80.0 Å². The van der Waals surface area contributed by atoms with Gasteiger partial charge in [0.1, 0.15) is 0 Å². The van der Waals surface area contributed by atoms with E-state index in [0.29, 0.717) is 0 Å². The lowest BCUT2D eigenvalue weighted by Gasteiger charge is -2.17. The first-order chi connectivity index (χ1) is 27.7. The number of hydrogen-bond acceptors (Lipinski definition) is 2. The van der Waals surface area contributed by atoms with E-state index >= 15 is 0 Å². The molecule has 0 aliphatic rings. The standard InChI is InChI=1S/C54H36N2/c1-5-16-37(17-6-1)43-25-15-26-45(32-43)51-35-46(34-50(55-51)41-20-9-3-10-21-41)38-28-30-40(31-29-38)49-33-44-24-13-14-27-47(44)53-48(39-18-7-2-8-19-39)36-52(56-54(49)53)42-22-11-4-12-23-42/h1-36H. The minimum atomic E-state index is 0.940. The molecule has 0 saturated carbocycles. The van der Waals surface area contributed by atoms with Gasteiger partial charge in [-0.3, -0.25) is 0 Å². The number of nitrogens with zero attached hydrogens (tertiary/aromatic N) is 2. The summed E-state index contributed by atoms with van der Waals surface area (Å²) in [4.78, 5) is 10.7. The van der Waals surface area contributed by atoms with Crippen LogP contribution in [0.1, 0.15) is 0 Å². The van der Waals surface area contributed by atoms with Crippen LogP contribution in [0.5, 0.6) is 0 Å². The first-order valence-electron chi connectivity index (χ1n) is 19.1. The van der Waals surface area contributed by atoms with Crippen LogP contribution >= 0.6 is 0 Å². The Labute approximate surface area is 327 Å². The molecule has 0 atom stereocenters. The van der Waals surface area contributed by atoms with Crippen molar-refractivity contribution >= 4 is 21.7 Å². The molecule has 2 heterocycles. The summed E-state index contributed by atoms with van der Waals surface area (Å²) in [5.41, 5.74) is 16.3. The summed E-state index contributed by atoms with van der Waals surface area (Å²) in [5.74, 6) is 0. The van der Waals surface area contributed by atoms with Gasteiger partial charge in [0.25, 0.3) is 0 Å². The highest BCUT2D eigenvalue weighted by Crippen LogP contribution is 2.42. The highest BCUT2D eigenvalue weighted by atomic mass is 14.7. The number of benzene rings is 8. The van der Waals surface area contributed by atoms with Crippen LogP contribution in [0.4, 0.5) is 0 Å². The van der Waals surface area contributed by atoms with Crippen LogP contribution in [-0.2, 0) is 0 Å². The van der Waals surface area contributed by atoms with E-state index < -0.39 is 0 Å². The second-order valence-corrected chi connectivity index (χ2v) is 14.2. The highest BCUT2D eigenvalue weighted by Gasteiger charge is 2.18. The Balaban J connectivity index is 1.13. The van der Waals surface area contributed by atoms with Gasteiger partial charge in [-0.1, -0.05) is 188 Å². The largest absolute Gasteiger partial charge is 0.248 e. The lowest BCUT2D eigenvalue weighted by atomic mass is 9.90. The number of aromatic nitrogens is 2. The second-order valence-electron chi connectivity index (χ2n) is 14.2. The van der Waals surface area contributed by atoms with E-state index in [1.165, 1.54) is 33.0 Å². The van der Waals surface area contributed by atoms with E-state index in [2.05, 4.69) is 212 Å². The van der Waals surface area contributed by atoms with E-state index in [1.807, 2.05) is 6.07 Å². The van der Waals surface area contributed by atoms with Crippen LogP contribution in [0, 0.1) is 0 Å². The van der Waals surface area contributed by atoms with Gasteiger partial charge in [-0.15, -0.1) is 0 Å². The molecular formula is C54H36N2. The summed E-state index contributed by atoms with van der Waals surface area (Å²) in [6, 6.07) is 77.5. The van der Waals surface area contributed by atoms with E-state index in [9.17, 15) is 0 Å². The fourth-order valence-corrected chi connectivity index (χ4v) is 7.84. The highest BCUT2D eigenvalue weighted by molar-refractivity contribution is 6.18. The fourth-order valence-electron chi connectivity index (χ4n) is 7.84. The zero-order chi connectivity index (χ0) is 37.3. The summed E-state index contributed by atoms with van der Waals surface area (Å²) >= 11 is 0. The van der Waals surface area contributed by atoms with Crippen molar-refractivity contribution < 1.29 is 0 Å². The number of pyridine rings is 2. The summed E-state index contributed by atoms with van der Waals surface area (Å²) in [7, 11) is 0. The number of hydrogen-bond donors (Lipinski definition) is 0. The Kier molecular flexibility index (Phi) is 8.55. The van der Waals surface area contributed by atoms with Gasteiger partial charge < -0.3 is 0 Å². The van der Waals surface area contributed by atoms with Crippen molar-refractivity contribution in [2.45, 2.75) is 0 Å². The third kappa shape index (κ3) is 6.34. The predicted octanol–water partition coefficient (Wildman–Crippen LogP) is 14.5. The van der Waals surface area contributed by atoms with Gasteiger partial charge in [0.05, 0.1) is 22.6 Å². The average molecular weight is 713 g/mol. The average Bonchev–Trinajstić information content (AvgIpc) is 3.29. The Morgan fingerprint density at radius 2 is 0.714 bits per heavy atom. The Morgan fingerprint density at radius 1 is 0.250 bits per heavy atom. The molecule has 0 spiro atoms. The number of rotatable bonds is 7. The lowest BCUT2D eigenvalue weighted by molar-refractivity contribution is 1.32.